The third-order valence-corrected chi connectivity index (χ3v) is 3.24. The monoisotopic (exact) mass is 271 g/mol. The summed E-state index contributed by atoms with van der Waals surface area (Å²) in [7, 11) is 2.91. The molecular formula is C16H17NO3. The molecule has 4 nitrogen and oxygen atoms in total. The maximum Gasteiger partial charge on any atom is 0.325 e. The Bertz CT molecular complexity index is 631. The Morgan fingerprint density at radius 3 is 2.55 bits per heavy atom. The van der Waals surface area contributed by atoms with Crippen molar-refractivity contribution in [2.24, 2.45) is 0 Å². The summed E-state index contributed by atoms with van der Waals surface area (Å²) in [5.41, 5.74) is 0.963. The van der Waals surface area contributed by atoms with Crippen LogP contribution in [-0.4, -0.2) is 37.5 Å². The number of esters is 1. The molecule has 0 aliphatic heterocycles. The molecule has 0 N–H and O–H groups in total. The Labute approximate surface area is 117 Å². The lowest BCUT2D eigenvalue weighted by Crippen LogP contribution is -2.33. The Morgan fingerprint density at radius 2 is 1.80 bits per heavy atom. The van der Waals surface area contributed by atoms with Crippen LogP contribution >= 0.6 is 0 Å². The number of likely N-dealkylation sites (N-methyl/N-ethyl adjacent to an activating group) is 1. The highest BCUT2D eigenvalue weighted by atomic mass is 16.5. The Balaban J connectivity index is 2.16. The molecule has 4 heteroatoms. The van der Waals surface area contributed by atoms with Crippen LogP contribution in [-0.2, 0) is 20.7 Å². The minimum absolute atomic E-state index is 0.0277. The number of hydrogen-bond donors (Lipinski definition) is 0. The lowest BCUT2D eigenvalue weighted by atomic mass is 10.0. The van der Waals surface area contributed by atoms with Crippen molar-refractivity contribution in [1.82, 2.24) is 4.90 Å². The van der Waals surface area contributed by atoms with Crippen molar-refractivity contribution in [3.8, 4) is 0 Å². The van der Waals surface area contributed by atoms with E-state index in [-0.39, 0.29) is 18.9 Å². The summed E-state index contributed by atoms with van der Waals surface area (Å²) in [4.78, 5) is 24.7. The van der Waals surface area contributed by atoms with Crippen LogP contribution < -0.4 is 0 Å². The summed E-state index contributed by atoms with van der Waals surface area (Å²) in [5.74, 6) is -0.523. The maximum absolute atomic E-state index is 12.1. The largest absolute Gasteiger partial charge is 0.468 e. The maximum atomic E-state index is 12.1. The molecule has 2 aromatic rings. The molecule has 0 saturated carbocycles. The van der Waals surface area contributed by atoms with Crippen molar-refractivity contribution in [3.63, 3.8) is 0 Å². The first-order chi connectivity index (χ1) is 9.61. The first kappa shape index (κ1) is 14.1. The number of nitrogens with zero attached hydrogens (tertiary/aromatic N) is 1. The van der Waals surface area contributed by atoms with Crippen LogP contribution in [0.3, 0.4) is 0 Å². The fourth-order valence-corrected chi connectivity index (χ4v) is 2.09. The van der Waals surface area contributed by atoms with Crippen molar-refractivity contribution >= 4 is 22.6 Å². The van der Waals surface area contributed by atoms with Gasteiger partial charge in [-0.15, -0.1) is 0 Å². The average molecular weight is 271 g/mol. The summed E-state index contributed by atoms with van der Waals surface area (Å²) >= 11 is 0. The standard InChI is InChI=1S/C16H17NO3/c1-17(11-16(19)20-2)15(18)10-13-8-5-7-12-6-3-4-9-14(12)13/h3-9H,10-11H2,1-2H3. The van der Waals surface area contributed by atoms with Crippen molar-refractivity contribution in [1.29, 1.82) is 0 Å². The summed E-state index contributed by atoms with van der Waals surface area (Å²) in [6.45, 7) is -0.0277. The number of ether oxygens (including phenoxy) is 1. The molecule has 0 aliphatic carbocycles. The molecule has 0 unspecified atom stereocenters. The molecule has 20 heavy (non-hydrogen) atoms. The molecule has 0 atom stereocenters. The average Bonchev–Trinajstić information content (AvgIpc) is 2.47. The molecule has 0 spiro atoms. The molecule has 0 aliphatic rings. The van der Waals surface area contributed by atoms with Crippen LogP contribution in [0.1, 0.15) is 5.56 Å². The zero-order chi connectivity index (χ0) is 14.5. The molecule has 0 saturated heterocycles. The summed E-state index contributed by atoms with van der Waals surface area (Å²) < 4.78 is 4.56. The van der Waals surface area contributed by atoms with Crippen LogP contribution in [0.15, 0.2) is 42.5 Å². The van der Waals surface area contributed by atoms with Crippen LogP contribution in [0.5, 0.6) is 0 Å². The summed E-state index contributed by atoms with van der Waals surface area (Å²) in [6, 6.07) is 13.8. The van der Waals surface area contributed by atoms with Gasteiger partial charge in [0.25, 0.3) is 0 Å². The molecule has 2 aromatic carbocycles. The first-order valence-corrected chi connectivity index (χ1v) is 6.39. The predicted octanol–water partition coefficient (Wildman–Crippen LogP) is 2.01. The van der Waals surface area contributed by atoms with E-state index in [1.807, 2.05) is 42.5 Å². The van der Waals surface area contributed by atoms with Gasteiger partial charge < -0.3 is 9.64 Å². The van der Waals surface area contributed by atoms with Gasteiger partial charge in [-0.25, -0.2) is 0 Å². The van der Waals surface area contributed by atoms with Crippen molar-refractivity contribution in [3.05, 3.63) is 48.0 Å². The number of carbonyl (C=O) groups is 2. The smallest absolute Gasteiger partial charge is 0.325 e. The van der Waals surface area contributed by atoms with E-state index in [4.69, 9.17) is 0 Å². The van der Waals surface area contributed by atoms with Gasteiger partial charge in [0.1, 0.15) is 6.54 Å². The lowest BCUT2D eigenvalue weighted by Gasteiger charge is -2.16. The third kappa shape index (κ3) is 3.15. The topological polar surface area (TPSA) is 46.6 Å². The number of fused-ring (bicyclic) bond motifs is 1. The van der Waals surface area contributed by atoms with E-state index in [0.717, 1.165) is 16.3 Å². The third-order valence-electron chi connectivity index (χ3n) is 3.24. The first-order valence-electron chi connectivity index (χ1n) is 6.39. The number of rotatable bonds is 4. The molecule has 104 valence electrons. The Hall–Kier alpha value is -2.36. The van der Waals surface area contributed by atoms with E-state index in [2.05, 4.69) is 4.74 Å². The molecule has 0 radical (unpaired) electrons. The van der Waals surface area contributed by atoms with E-state index in [1.54, 1.807) is 7.05 Å². The summed E-state index contributed by atoms with van der Waals surface area (Å²) in [6.07, 6.45) is 0.273. The van der Waals surface area contributed by atoms with Crippen LogP contribution in [0.2, 0.25) is 0 Å². The second kappa shape index (κ2) is 6.19. The molecule has 0 bridgehead atoms. The van der Waals surface area contributed by atoms with Gasteiger partial charge in [-0.2, -0.15) is 0 Å². The summed E-state index contributed by atoms with van der Waals surface area (Å²) in [5, 5.41) is 2.17. The van der Waals surface area contributed by atoms with Gasteiger partial charge in [0.15, 0.2) is 0 Å². The van der Waals surface area contributed by atoms with E-state index in [1.165, 1.54) is 12.0 Å². The number of amides is 1. The van der Waals surface area contributed by atoms with E-state index in [9.17, 15) is 9.59 Å². The van der Waals surface area contributed by atoms with Gasteiger partial charge in [0.05, 0.1) is 13.5 Å². The van der Waals surface area contributed by atoms with E-state index in [0.29, 0.717) is 0 Å². The Kier molecular flexibility index (Phi) is 4.35. The molecule has 0 heterocycles. The highest BCUT2D eigenvalue weighted by Gasteiger charge is 2.14. The highest BCUT2D eigenvalue weighted by Crippen LogP contribution is 2.19. The Morgan fingerprint density at radius 1 is 1.10 bits per heavy atom. The highest BCUT2D eigenvalue weighted by molar-refractivity contribution is 5.91. The molecule has 1 amide bonds. The predicted molar refractivity (Wildman–Crippen MR) is 77.3 cm³/mol. The molecule has 2 rings (SSSR count). The minimum Gasteiger partial charge on any atom is -0.468 e. The number of benzene rings is 2. The zero-order valence-electron chi connectivity index (χ0n) is 11.6. The molecule has 0 fully saturated rings. The van der Waals surface area contributed by atoms with Crippen molar-refractivity contribution in [2.75, 3.05) is 20.7 Å². The molecular weight excluding hydrogens is 254 g/mol. The SMILES string of the molecule is COC(=O)CN(C)C(=O)Cc1cccc2ccccc12. The van der Waals surface area contributed by atoms with Gasteiger partial charge in [-0.3, -0.25) is 9.59 Å². The van der Waals surface area contributed by atoms with Gasteiger partial charge in [0.2, 0.25) is 5.91 Å². The quantitative estimate of drug-likeness (QED) is 0.799. The van der Waals surface area contributed by atoms with E-state index >= 15 is 0 Å². The van der Waals surface area contributed by atoms with Crippen molar-refractivity contribution < 1.29 is 14.3 Å². The van der Waals surface area contributed by atoms with E-state index < -0.39 is 5.97 Å². The number of hydrogen-bond acceptors (Lipinski definition) is 3. The number of methoxy groups -OCH3 is 1. The van der Waals surface area contributed by atoms with Crippen LogP contribution in [0, 0.1) is 0 Å². The fourth-order valence-electron chi connectivity index (χ4n) is 2.09. The van der Waals surface area contributed by atoms with Crippen molar-refractivity contribution in [2.45, 2.75) is 6.42 Å². The van der Waals surface area contributed by atoms with Crippen LogP contribution in [0.4, 0.5) is 0 Å². The van der Waals surface area contributed by atoms with Gasteiger partial charge in [-0.1, -0.05) is 42.5 Å². The van der Waals surface area contributed by atoms with Gasteiger partial charge >= 0.3 is 5.97 Å². The van der Waals surface area contributed by atoms with Gasteiger partial charge in [-0.05, 0) is 16.3 Å². The zero-order valence-corrected chi connectivity index (χ0v) is 11.6. The fraction of sp³-hybridized carbons (Fsp3) is 0.250. The normalized spacial score (nSPS) is 10.3. The second-order valence-corrected chi connectivity index (χ2v) is 4.64. The second-order valence-electron chi connectivity index (χ2n) is 4.64. The molecule has 0 aromatic heterocycles. The number of carbonyl (C=O) groups excluding carboxylic acids is 2. The lowest BCUT2D eigenvalue weighted by molar-refractivity contribution is -0.145. The van der Waals surface area contributed by atoms with Gasteiger partial charge in [0, 0.05) is 7.05 Å². The van der Waals surface area contributed by atoms with Crippen LogP contribution in [0.25, 0.3) is 10.8 Å². The minimum atomic E-state index is -0.418.